The largest absolute Gasteiger partial charge is 0.500 e. The Morgan fingerprint density at radius 3 is 2.30 bits per heavy atom. The van der Waals surface area contributed by atoms with Crippen LogP contribution in [0.4, 0.5) is 5.69 Å². The van der Waals surface area contributed by atoms with Crippen molar-refractivity contribution in [3.63, 3.8) is 0 Å². The first-order valence-electron chi connectivity index (χ1n) is 9.27. The monoisotopic (exact) mass is 430 g/mol. The number of aryl methyl sites for hydroxylation is 1. The zero-order valence-electron chi connectivity index (χ0n) is 16.2. The summed E-state index contributed by atoms with van der Waals surface area (Å²) in [5.41, 5.74) is 4.29. The standard InChI is InChI=1S/C17H30N4O3S2Si/c1-4-22-27(23-5-2,24-6-3)14-10-13-17-15-20(25)19-21(26-17)18-16-11-8-7-9-12-16/h7-9,11-12,15,18-19,25H,4-6,10,13-14H2,1-3H3. The molecule has 0 saturated heterocycles. The van der Waals surface area contributed by atoms with Gasteiger partial charge in [0.05, 0.1) is 5.69 Å². The minimum Gasteiger partial charge on any atom is -0.374 e. The average Bonchev–Trinajstić information content (AvgIpc) is 2.63. The van der Waals surface area contributed by atoms with E-state index in [2.05, 4.69) is 23.5 Å². The fourth-order valence-corrected chi connectivity index (χ4v) is 6.57. The van der Waals surface area contributed by atoms with Crippen LogP contribution in [0.3, 0.4) is 0 Å². The Hall–Kier alpha value is -1.17. The Morgan fingerprint density at radius 1 is 1.07 bits per heavy atom. The molecule has 0 bridgehead atoms. The van der Waals surface area contributed by atoms with Crippen LogP contribution in [-0.2, 0) is 19.7 Å². The first-order valence-corrected chi connectivity index (χ1v) is 12.4. The molecule has 0 aliphatic heterocycles. The molecule has 27 heavy (non-hydrogen) atoms. The molecule has 0 amide bonds. The van der Waals surface area contributed by atoms with Crippen LogP contribution in [0, 0.1) is 0 Å². The smallest absolute Gasteiger partial charge is 0.374 e. The molecule has 7 nitrogen and oxygen atoms in total. The Labute approximate surface area is 171 Å². The Bertz CT molecular complexity index is 680. The number of nitrogens with one attached hydrogen (secondary N) is 2. The molecule has 1 heterocycles. The number of nitrogens with zero attached hydrogens (tertiary/aromatic N) is 2. The van der Waals surface area contributed by atoms with Crippen molar-refractivity contribution in [2.24, 2.45) is 0 Å². The third-order valence-electron chi connectivity index (χ3n) is 3.67. The van der Waals surface area contributed by atoms with Crippen LogP contribution in [0.25, 0.3) is 0 Å². The number of thiol groups is 1. The number of rotatable bonds is 12. The van der Waals surface area contributed by atoms with Gasteiger partial charge in [-0.15, -0.1) is 4.18 Å². The molecule has 2 rings (SSSR count). The second kappa shape index (κ2) is 11.6. The van der Waals surface area contributed by atoms with Crippen molar-refractivity contribution in [1.29, 1.82) is 0 Å². The zero-order chi connectivity index (χ0) is 19.5. The van der Waals surface area contributed by atoms with Crippen LogP contribution in [0.2, 0.25) is 6.04 Å². The van der Waals surface area contributed by atoms with E-state index in [1.807, 2.05) is 61.5 Å². The van der Waals surface area contributed by atoms with Gasteiger partial charge in [-0.05, 0) is 70.1 Å². The SMILES string of the molecule is CCO[Si](CCCc1cn(S)[nH]n(Nc2ccccc2)s1)(OCC)OCC. The molecular formula is C17H30N4O3S2Si. The fraction of sp³-hybridized carbons (Fsp3) is 0.529. The first-order chi connectivity index (χ1) is 13.1. The lowest BCUT2D eigenvalue weighted by atomic mass is 10.3. The lowest BCUT2D eigenvalue weighted by Gasteiger charge is -2.28. The lowest BCUT2D eigenvalue weighted by molar-refractivity contribution is 0.0708. The summed E-state index contributed by atoms with van der Waals surface area (Å²) in [4.78, 5) is 1.18. The summed E-state index contributed by atoms with van der Waals surface area (Å²) < 4.78 is 21.3. The van der Waals surface area contributed by atoms with Crippen LogP contribution in [0.1, 0.15) is 32.1 Å². The zero-order valence-corrected chi connectivity index (χ0v) is 18.9. The number of anilines is 1. The summed E-state index contributed by atoms with van der Waals surface area (Å²) in [7, 11) is -2.59. The molecule has 0 unspecified atom stereocenters. The third kappa shape index (κ3) is 7.39. The number of benzene rings is 1. The van der Waals surface area contributed by atoms with Crippen molar-refractivity contribution in [1.82, 2.24) is 13.5 Å². The van der Waals surface area contributed by atoms with Crippen LogP contribution in [-0.4, -0.2) is 42.1 Å². The van der Waals surface area contributed by atoms with Crippen LogP contribution < -0.4 is 5.43 Å². The third-order valence-corrected chi connectivity index (χ3v) is 7.93. The molecule has 0 fully saturated rings. The lowest BCUT2D eigenvalue weighted by Crippen LogP contribution is -2.46. The van der Waals surface area contributed by atoms with E-state index in [0.29, 0.717) is 19.8 Å². The van der Waals surface area contributed by atoms with Crippen LogP contribution in [0.15, 0.2) is 36.5 Å². The highest BCUT2D eigenvalue weighted by Crippen LogP contribution is 2.21. The minimum absolute atomic E-state index is 0.604. The van der Waals surface area contributed by atoms with E-state index in [0.717, 1.165) is 24.6 Å². The van der Waals surface area contributed by atoms with Gasteiger partial charge in [-0.25, -0.2) is 9.30 Å². The molecule has 10 heteroatoms. The maximum Gasteiger partial charge on any atom is 0.500 e. The number of H-pyrrole nitrogens is 1. The first kappa shape index (κ1) is 22.1. The molecule has 0 aliphatic carbocycles. The van der Waals surface area contributed by atoms with Gasteiger partial charge in [-0.1, -0.05) is 18.2 Å². The van der Waals surface area contributed by atoms with Crippen LogP contribution >= 0.6 is 24.3 Å². The molecule has 1 aromatic carbocycles. The molecule has 1 aromatic heterocycles. The highest BCUT2D eigenvalue weighted by Gasteiger charge is 2.39. The molecule has 152 valence electrons. The summed E-state index contributed by atoms with van der Waals surface area (Å²) in [6, 6.07) is 10.8. The van der Waals surface area contributed by atoms with Gasteiger partial charge in [-0.3, -0.25) is 5.43 Å². The van der Waals surface area contributed by atoms with Gasteiger partial charge in [0.25, 0.3) is 0 Å². The van der Waals surface area contributed by atoms with Crippen molar-refractivity contribution < 1.29 is 13.3 Å². The van der Waals surface area contributed by atoms with Gasteiger partial charge in [0, 0.05) is 36.9 Å². The maximum atomic E-state index is 5.93. The Balaban J connectivity index is 2.01. The van der Waals surface area contributed by atoms with Crippen molar-refractivity contribution in [3.8, 4) is 0 Å². The van der Waals surface area contributed by atoms with E-state index in [1.54, 1.807) is 15.6 Å². The Kier molecular flexibility index (Phi) is 9.52. The van der Waals surface area contributed by atoms with Crippen LogP contribution in [0.5, 0.6) is 0 Å². The van der Waals surface area contributed by atoms with E-state index in [4.69, 9.17) is 13.3 Å². The molecule has 0 aliphatic rings. The summed E-state index contributed by atoms with van der Waals surface area (Å²) in [6.07, 6.45) is 3.78. The van der Waals surface area contributed by atoms with Crippen molar-refractivity contribution in [2.45, 2.75) is 39.7 Å². The summed E-state index contributed by atoms with van der Waals surface area (Å²) in [6.45, 7) is 7.76. The second-order valence-electron chi connectivity index (χ2n) is 5.74. The number of aromatic amines is 1. The van der Waals surface area contributed by atoms with Gasteiger partial charge < -0.3 is 13.3 Å². The average molecular weight is 431 g/mol. The highest BCUT2D eigenvalue weighted by molar-refractivity contribution is 7.78. The summed E-state index contributed by atoms with van der Waals surface area (Å²) in [5, 5.41) is 3.10. The van der Waals surface area contributed by atoms with Gasteiger partial charge in [0.2, 0.25) is 0 Å². The number of para-hydroxylation sites is 1. The van der Waals surface area contributed by atoms with Crippen molar-refractivity contribution in [3.05, 3.63) is 41.4 Å². The topological polar surface area (TPSA) is 65.4 Å². The fourth-order valence-electron chi connectivity index (χ4n) is 2.69. The predicted molar refractivity (Wildman–Crippen MR) is 116 cm³/mol. The molecule has 0 atom stereocenters. The maximum absolute atomic E-state index is 5.93. The minimum atomic E-state index is -2.59. The van der Waals surface area contributed by atoms with Gasteiger partial charge in [0.1, 0.15) is 0 Å². The number of hydrogen-bond donors (Lipinski definition) is 3. The molecule has 0 saturated carbocycles. The van der Waals surface area contributed by atoms with E-state index in [-0.39, 0.29) is 0 Å². The van der Waals surface area contributed by atoms with Gasteiger partial charge in [0.15, 0.2) is 0 Å². The molecule has 0 radical (unpaired) electrons. The second-order valence-corrected chi connectivity index (χ2v) is 9.97. The number of hydrogen-bond acceptors (Lipinski definition) is 6. The quantitative estimate of drug-likeness (QED) is 0.346. The van der Waals surface area contributed by atoms with Crippen molar-refractivity contribution in [2.75, 3.05) is 25.2 Å². The van der Waals surface area contributed by atoms with E-state index in [1.165, 1.54) is 4.88 Å². The van der Waals surface area contributed by atoms with E-state index in [9.17, 15) is 0 Å². The molecule has 2 N–H and O–H groups in total. The molecular weight excluding hydrogens is 400 g/mol. The Morgan fingerprint density at radius 2 is 1.70 bits per heavy atom. The van der Waals surface area contributed by atoms with E-state index < -0.39 is 8.80 Å². The predicted octanol–water partition coefficient (Wildman–Crippen LogP) is 4.35. The summed E-state index contributed by atoms with van der Waals surface area (Å²) in [5.74, 6) is 0. The van der Waals surface area contributed by atoms with E-state index >= 15 is 0 Å². The molecule has 2 aromatic rings. The normalized spacial score (nSPS) is 11.6. The van der Waals surface area contributed by atoms with Crippen molar-refractivity contribution >= 4 is 38.8 Å². The number of aromatic nitrogens is 3. The van der Waals surface area contributed by atoms with Gasteiger partial charge >= 0.3 is 8.80 Å². The molecule has 0 spiro atoms. The summed E-state index contributed by atoms with van der Waals surface area (Å²) >= 11 is 6.01. The van der Waals surface area contributed by atoms with Gasteiger partial charge in [-0.2, -0.15) is 0 Å². The highest BCUT2D eigenvalue weighted by atomic mass is 32.1.